The van der Waals surface area contributed by atoms with Crippen LogP contribution < -0.4 is 16.4 Å². The Morgan fingerprint density at radius 1 is 0.946 bits per heavy atom. The predicted molar refractivity (Wildman–Crippen MR) is 143 cm³/mol. The molecule has 4 N–H and O–H groups in total. The number of nitrogens with zero attached hydrogens (tertiary/aromatic N) is 1. The van der Waals surface area contributed by atoms with Crippen molar-refractivity contribution in [2.45, 2.75) is 38.0 Å². The summed E-state index contributed by atoms with van der Waals surface area (Å²) in [6.45, 7) is 1.41. The number of aromatic nitrogens is 1. The summed E-state index contributed by atoms with van der Waals surface area (Å²) in [7, 11) is 4.94. The van der Waals surface area contributed by atoms with Crippen molar-refractivity contribution in [3.63, 3.8) is 0 Å². The second-order valence-electron chi connectivity index (χ2n) is 8.53. The molecular weight excluding hydrogens is 472 g/mol. The highest BCUT2D eigenvalue weighted by Gasteiger charge is 2.25. The molecule has 3 unspecified atom stereocenters. The van der Waals surface area contributed by atoms with Gasteiger partial charge in [-0.1, -0.05) is 42.5 Å². The molecule has 1 aromatic heterocycles. The minimum absolute atomic E-state index is 0.221. The van der Waals surface area contributed by atoms with Gasteiger partial charge in [0.15, 0.2) is 0 Å². The number of carbonyl (C=O) groups excluding carboxylic acids is 1. The Morgan fingerprint density at radius 2 is 1.68 bits per heavy atom. The largest absolute Gasteiger partial charge is 0.384 e. The smallest absolute Gasteiger partial charge is 0.255 e. The van der Waals surface area contributed by atoms with Gasteiger partial charge in [-0.15, -0.1) is 0 Å². The van der Waals surface area contributed by atoms with Gasteiger partial charge in [0.2, 0.25) is 0 Å². The second kappa shape index (κ2) is 15.0. The van der Waals surface area contributed by atoms with Crippen LogP contribution >= 0.6 is 0 Å². The molecule has 0 aliphatic heterocycles. The van der Waals surface area contributed by atoms with Crippen LogP contribution in [0.5, 0.6) is 0 Å². The van der Waals surface area contributed by atoms with Gasteiger partial charge in [0.05, 0.1) is 19.3 Å². The van der Waals surface area contributed by atoms with Crippen molar-refractivity contribution in [3.05, 3.63) is 89.6 Å². The van der Waals surface area contributed by atoms with Gasteiger partial charge >= 0.3 is 0 Å². The quantitative estimate of drug-likeness (QED) is 0.267. The Labute approximate surface area is 218 Å². The highest BCUT2D eigenvalue weighted by molar-refractivity contribution is 6.04. The van der Waals surface area contributed by atoms with Crippen molar-refractivity contribution < 1.29 is 23.7 Å². The van der Waals surface area contributed by atoms with Crippen molar-refractivity contribution >= 4 is 17.4 Å². The summed E-state index contributed by atoms with van der Waals surface area (Å²) >= 11 is 0. The Balaban J connectivity index is 1.62. The first-order valence-electron chi connectivity index (χ1n) is 12.1. The fourth-order valence-electron chi connectivity index (χ4n) is 3.82. The zero-order valence-electron chi connectivity index (χ0n) is 21.6. The average Bonchev–Trinajstić information content (AvgIpc) is 2.92. The van der Waals surface area contributed by atoms with Gasteiger partial charge in [-0.3, -0.25) is 10.1 Å². The van der Waals surface area contributed by atoms with E-state index < -0.39 is 0 Å². The lowest BCUT2D eigenvalue weighted by Crippen LogP contribution is -2.41. The molecule has 0 aliphatic rings. The van der Waals surface area contributed by atoms with Crippen LogP contribution in [0.25, 0.3) is 0 Å². The van der Waals surface area contributed by atoms with Crippen LogP contribution in [-0.4, -0.2) is 57.3 Å². The van der Waals surface area contributed by atoms with E-state index >= 15 is 0 Å². The van der Waals surface area contributed by atoms with Crippen LogP contribution in [0.15, 0.2) is 72.9 Å². The van der Waals surface area contributed by atoms with E-state index in [0.717, 1.165) is 11.1 Å². The number of nitrogen functional groups attached to an aromatic ring is 1. The standard InChI is InChI=1S/C28H36N4O5/c1-34-19-25(36-3)24(35-2)16-27(37-18-21-7-5-4-6-8-21)31-17-20-9-11-22(12-10-20)28(33)32-23-13-14-30-26(29)15-23/h4-15,24-25,27,31H,16-19H2,1-3H3,(H3,29,30,32,33). The lowest BCUT2D eigenvalue weighted by molar-refractivity contribution is -0.0975. The van der Waals surface area contributed by atoms with Crippen molar-refractivity contribution in [3.8, 4) is 0 Å². The van der Waals surface area contributed by atoms with Crippen molar-refractivity contribution in [2.24, 2.45) is 0 Å². The maximum atomic E-state index is 12.6. The fraction of sp³-hybridized carbons (Fsp3) is 0.357. The molecule has 3 atom stereocenters. The van der Waals surface area contributed by atoms with Gasteiger partial charge in [-0.05, 0) is 29.3 Å². The third kappa shape index (κ3) is 9.23. The van der Waals surface area contributed by atoms with Crippen LogP contribution in [0.3, 0.4) is 0 Å². The molecule has 0 fully saturated rings. The SMILES string of the molecule is COCC(OC)C(CC(NCc1ccc(C(=O)Nc2ccnc(N)c2)cc1)OCc1ccccc1)OC. The highest BCUT2D eigenvalue weighted by Crippen LogP contribution is 2.15. The number of anilines is 2. The summed E-state index contributed by atoms with van der Waals surface area (Å²) in [5, 5.41) is 6.29. The van der Waals surface area contributed by atoms with Crippen molar-refractivity contribution in [1.82, 2.24) is 10.3 Å². The molecule has 3 rings (SSSR count). The summed E-state index contributed by atoms with van der Waals surface area (Å²) in [5.41, 5.74) is 8.90. The molecule has 9 heteroatoms. The fourth-order valence-corrected chi connectivity index (χ4v) is 3.82. The van der Waals surface area contributed by atoms with E-state index in [2.05, 4.69) is 15.6 Å². The summed E-state index contributed by atoms with van der Waals surface area (Å²) in [5.74, 6) is 0.124. The number of amides is 1. The Bertz CT molecular complexity index is 1080. The third-order valence-corrected chi connectivity index (χ3v) is 5.88. The summed E-state index contributed by atoms with van der Waals surface area (Å²) in [6.07, 6.45) is 1.34. The number of nitrogens with one attached hydrogen (secondary N) is 2. The molecule has 9 nitrogen and oxygen atoms in total. The van der Waals surface area contributed by atoms with Gasteiger partial charge < -0.3 is 30.0 Å². The van der Waals surface area contributed by atoms with E-state index in [9.17, 15) is 4.79 Å². The second-order valence-corrected chi connectivity index (χ2v) is 8.53. The van der Waals surface area contributed by atoms with Crippen LogP contribution in [0, 0.1) is 0 Å². The van der Waals surface area contributed by atoms with Crippen LogP contribution in [0.1, 0.15) is 27.9 Å². The van der Waals surface area contributed by atoms with Gasteiger partial charge in [0.25, 0.3) is 5.91 Å². The number of nitrogens with two attached hydrogens (primary N) is 1. The highest BCUT2D eigenvalue weighted by atomic mass is 16.6. The Hall–Kier alpha value is -3.34. The van der Waals surface area contributed by atoms with E-state index in [0.29, 0.717) is 43.2 Å². The number of carbonyl (C=O) groups is 1. The van der Waals surface area contributed by atoms with Crippen molar-refractivity contribution in [2.75, 3.05) is 39.0 Å². The minimum Gasteiger partial charge on any atom is -0.384 e. The zero-order chi connectivity index (χ0) is 26.5. The molecule has 1 amide bonds. The first-order valence-corrected chi connectivity index (χ1v) is 12.1. The van der Waals surface area contributed by atoms with E-state index in [-0.39, 0.29) is 24.3 Å². The van der Waals surface area contributed by atoms with Crippen LogP contribution in [0.2, 0.25) is 0 Å². The molecule has 0 radical (unpaired) electrons. The predicted octanol–water partition coefficient (Wildman–Crippen LogP) is 3.62. The maximum Gasteiger partial charge on any atom is 0.255 e. The number of benzene rings is 2. The minimum atomic E-state index is -0.306. The monoisotopic (exact) mass is 508 g/mol. The van der Waals surface area contributed by atoms with Gasteiger partial charge in [0.1, 0.15) is 18.1 Å². The zero-order valence-corrected chi connectivity index (χ0v) is 21.6. The number of hydrogen-bond donors (Lipinski definition) is 3. The van der Waals surface area contributed by atoms with Gasteiger partial charge in [-0.2, -0.15) is 0 Å². The molecule has 37 heavy (non-hydrogen) atoms. The summed E-state index contributed by atoms with van der Waals surface area (Å²) in [6, 6.07) is 20.7. The number of ether oxygens (including phenoxy) is 4. The molecule has 1 heterocycles. The number of hydrogen-bond acceptors (Lipinski definition) is 8. The molecule has 0 bridgehead atoms. The number of pyridine rings is 1. The molecule has 0 saturated heterocycles. The average molecular weight is 509 g/mol. The molecule has 0 aliphatic carbocycles. The Morgan fingerprint density at radius 3 is 2.32 bits per heavy atom. The van der Waals surface area contributed by atoms with Crippen molar-refractivity contribution in [1.29, 1.82) is 0 Å². The first-order chi connectivity index (χ1) is 18.0. The van der Waals surface area contributed by atoms with Crippen LogP contribution in [-0.2, 0) is 32.1 Å². The van der Waals surface area contributed by atoms with Gasteiger partial charge in [-0.25, -0.2) is 4.98 Å². The van der Waals surface area contributed by atoms with E-state index in [1.54, 1.807) is 51.8 Å². The maximum absolute atomic E-state index is 12.6. The summed E-state index contributed by atoms with van der Waals surface area (Å²) < 4.78 is 22.8. The number of methoxy groups -OCH3 is 3. The molecule has 2 aromatic carbocycles. The Kier molecular flexibility index (Phi) is 11.5. The third-order valence-electron chi connectivity index (χ3n) is 5.88. The van der Waals surface area contributed by atoms with Crippen LogP contribution in [0.4, 0.5) is 11.5 Å². The first kappa shape index (κ1) is 28.2. The van der Waals surface area contributed by atoms with E-state index in [1.807, 2.05) is 42.5 Å². The number of rotatable bonds is 15. The normalized spacial score (nSPS) is 13.6. The van der Waals surface area contributed by atoms with Gasteiger partial charge in [0, 0.05) is 57.8 Å². The lowest BCUT2D eigenvalue weighted by Gasteiger charge is -2.29. The topological polar surface area (TPSA) is 117 Å². The molecule has 0 spiro atoms. The molecular formula is C28H36N4O5. The lowest BCUT2D eigenvalue weighted by atomic mass is 10.1. The van der Waals surface area contributed by atoms with E-state index in [4.69, 9.17) is 24.7 Å². The molecule has 198 valence electrons. The summed E-state index contributed by atoms with van der Waals surface area (Å²) in [4.78, 5) is 16.5. The molecule has 0 saturated carbocycles. The molecule has 3 aromatic rings. The van der Waals surface area contributed by atoms with E-state index in [1.165, 1.54) is 0 Å².